The second-order valence-electron chi connectivity index (χ2n) is 7.80. The summed E-state index contributed by atoms with van der Waals surface area (Å²) in [6, 6.07) is 8.55. The Morgan fingerprint density at radius 3 is 2.34 bits per heavy atom. The highest BCUT2D eigenvalue weighted by atomic mass is 19.4. The zero-order valence-corrected chi connectivity index (χ0v) is 19.7. The molecule has 1 atom stereocenters. The van der Waals surface area contributed by atoms with Gasteiger partial charge in [-0.3, -0.25) is 4.79 Å². The Labute approximate surface area is 199 Å². The van der Waals surface area contributed by atoms with Crippen LogP contribution in [0.5, 0.6) is 17.2 Å². The van der Waals surface area contributed by atoms with Crippen molar-refractivity contribution in [2.24, 2.45) is 0 Å². The van der Waals surface area contributed by atoms with Crippen LogP contribution in [0.4, 0.5) is 13.2 Å². The predicted molar refractivity (Wildman–Crippen MR) is 121 cm³/mol. The molecule has 0 aliphatic heterocycles. The second-order valence-corrected chi connectivity index (χ2v) is 7.80. The van der Waals surface area contributed by atoms with Crippen molar-refractivity contribution in [3.05, 3.63) is 63.5 Å². The summed E-state index contributed by atoms with van der Waals surface area (Å²) in [5.41, 5.74) is 0.148. The topological polar surface area (TPSA) is 84.2 Å². The van der Waals surface area contributed by atoms with Crippen LogP contribution in [-0.2, 0) is 20.4 Å². The van der Waals surface area contributed by atoms with Gasteiger partial charge in [0, 0.05) is 12.7 Å². The van der Waals surface area contributed by atoms with Gasteiger partial charge in [0.1, 0.15) is 23.7 Å². The van der Waals surface area contributed by atoms with E-state index in [1.807, 2.05) is 6.07 Å². The number of carbonyl (C=O) groups excluding carboxylic acids is 1. The molecule has 0 amide bonds. The van der Waals surface area contributed by atoms with Crippen molar-refractivity contribution in [2.45, 2.75) is 40.0 Å². The first-order chi connectivity index (χ1) is 16.5. The van der Waals surface area contributed by atoms with E-state index in [0.29, 0.717) is 6.61 Å². The number of ether oxygens (including phenoxy) is 4. The number of carbonyl (C=O) groups is 1. The molecule has 0 saturated carbocycles. The van der Waals surface area contributed by atoms with E-state index in [0.717, 1.165) is 17.2 Å². The lowest BCUT2D eigenvalue weighted by Gasteiger charge is -2.16. The number of esters is 1. The molecule has 0 fully saturated rings. The summed E-state index contributed by atoms with van der Waals surface area (Å²) in [5, 5.41) is -0.142. The summed E-state index contributed by atoms with van der Waals surface area (Å²) in [7, 11) is 0. The van der Waals surface area contributed by atoms with Crippen molar-refractivity contribution in [1.29, 1.82) is 0 Å². The molecule has 0 aliphatic rings. The van der Waals surface area contributed by atoms with Crippen LogP contribution in [0.2, 0.25) is 0 Å². The maximum absolute atomic E-state index is 13.8. The number of rotatable bonds is 9. The van der Waals surface area contributed by atoms with Crippen molar-refractivity contribution >= 4 is 16.9 Å². The Morgan fingerprint density at radius 2 is 1.71 bits per heavy atom. The molecule has 0 aliphatic carbocycles. The lowest BCUT2D eigenvalue weighted by atomic mass is 10.1. The van der Waals surface area contributed by atoms with E-state index in [4.69, 9.17) is 23.4 Å². The molecule has 0 spiro atoms. The summed E-state index contributed by atoms with van der Waals surface area (Å²) < 4.78 is 67.4. The number of hydrogen-bond acceptors (Lipinski definition) is 7. The minimum Gasteiger partial charge on any atom is -0.479 e. The largest absolute Gasteiger partial charge is 0.479 e. The third-order valence-corrected chi connectivity index (χ3v) is 4.82. The SMILES string of the molecule is CCOCCOC(=O)C(C)Oc1ccc2c(=O)c(Oc3cc(C)cc(C)c3)c(C(F)(F)F)oc2c1. The summed E-state index contributed by atoms with van der Waals surface area (Å²) in [4.78, 5) is 25.0. The molecular formula is C25H25F3O7. The highest BCUT2D eigenvalue weighted by molar-refractivity contribution is 5.80. The molecule has 1 heterocycles. The van der Waals surface area contributed by atoms with E-state index in [1.54, 1.807) is 20.8 Å². The minimum absolute atomic E-state index is 0.0195. The fourth-order valence-electron chi connectivity index (χ4n) is 3.33. The summed E-state index contributed by atoms with van der Waals surface area (Å²) >= 11 is 0. The number of halogens is 3. The van der Waals surface area contributed by atoms with Crippen molar-refractivity contribution in [2.75, 3.05) is 19.8 Å². The molecule has 7 nitrogen and oxygen atoms in total. The van der Waals surface area contributed by atoms with Crippen LogP contribution >= 0.6 is 0 Å². The van der Waals surface area contributed by atoms with Crippen molar-refractivity contribution in [3.63, 3.8) is 0 Å². The Balaban J connectivity index is 1.93. The first-order valence-electron chi connectivity index (χ1n) is 10.8. The van der Waals surface area contributed by atoms with Crippen LogP contribution in [0, 0.1) is 13.8 Å². The van der Waals surface area contributed by atoms with E-state index in [9.17, 15) is 22.8 Å². The smallest absolute Gasteiger partial charge is 0.453 e. The van der Waals surface area contributed by atoms with Gasteiger partial charge >= 0.3 is 12.1 Å². The average Bonchev–Trinajstić information content (AvgIpc) is 2.76. The maximum atomic E-state index is 13.8. The van der Waals surface area contributed by atoms with E-state index >= 15 is 0 Å². The lowest BCUT2D eigenvalue weighted by Crippen LogP contribution is -2.27. The highest BCUT2D eigenvalue weighted by Gasteiger charge is 2.40. The van der Waals surface area contributed by atoms with Gasteiger partial charge in [0.25, 0.3) is 5.76 Å². The maximum Gasteiger partial charge on any atom is 0.453 e. The number of hydrogen-bond donors (Lipinski definition) is 0. The van der Waals surface area contributed by atoms with Gasteiger partial charge in [-0.2, -0.15) is 13.2 Å². The molecule has 188 valence electrons. The molecule has 0 radical (unpaired) electrons. The van der Waals surface area contributed by atoms with E-state index in [2.05, 4.69) is 0 Å². The molecular weight excluding hydrogens is 469 g/mol. The molecule has 3 rings (SSSR count). The number of benzene rings is 2. The fraction of sp³-hybridized carbons (Fsp3) is 0.360. The van der Waals surface area contributed by atoms with E-state index in [-0.39, 0.29) is 35.7 Å². The first-order valence-corrected chi connectivity index (χ1v) is 10.8. The predicted octanol–water partition coefficient (Wildman–Crippen LogP) is 5.57. The van der Waals surface area contributed by atoms with Gasteiger partial charge < -0.3 is 23.4 Å². The highest BCUT2D eigenvalue weighted by Crippen LogP contribution is 2.39. The van der Waals surface area contributed by atoms with E-state index in [1.165, 1.54) is 31.2 Å². The second kappa shape index (κ2) is 10.8. The van der Waals surface area contributed by atoms with Crippen molar-refractivity contribution in [1.82, 2.24) is 0 Å². The molecule has 2 aromatic carbocycles. The Bertz CT molecular complexity index is 1240. The van der Waals surface area contributed by atoms with Crippen LogP contribution < -0.4 is 14.9 Å². The van der Waals surface area contributed by atoms with Gasteiger partial charge in [0.2, 0.25) is 11.2 Å². The Kier molecular flexibility index (Phi) is 8.06. The molecule has 1 aromatic heterocycles. The summed E-state index contributed by atoms with van der Waals surface area (Å²) in [5.74, 6) is -3.12. The molecule has 3 aromatic rings. The monoisotopic (exact) mass is 494 g/mol. The summed E-state index contributed by atoms with van der Waals surface area (Å²) in [6.07, 6.45) is -6.06. The fourth-order valence-corrected chi connectivity index (χ4v) is 3.33. The number of aryl methyl sites for hydroxylation is 2. The van der Waals surface area contributed by atoms with Gasteiger partial charge in [-0.1, -0.05) is 6.07 Å². The quantitative estimate of drug-likeness (QED) is 0.284. The third-order valence-electron chi connectivity index (χ3n) is 4.82. The van der Waals surface area contributed by atoms with Crippen molar-refractivity contribution < 1.29 is 41.3 Å². The van der Waals surface area contributed by atoms with Gasteiger partial charge in [0.05, 0.1) is 12.0 Å². The van der Waals surface area contributed by atoms with Crippen LogP contribution in [-0.4, -0.2) is 31.9 Å². The van der Waals surface area contributed by atoms with Crippen LogP contribution in [0.25, 0.3) is 11.0 Å². The van der Waals surface area contributed by atoms with Crippen LogP contribution in [0.15, 0.2) is 45.6 Å². The first kappa shape index (κ1) is 26.1. The third kappa shape index (κ3) is 6.54. The molecule has 10 heteroatoms. The average molecular weight is 494 g/mol. The van der Waals surface area contributed by atoms with Gasteiger partial charge in [-0.15, -0.1) is 0 Å². The molecule has 0 N–H and O–H groups in total. The normalized spacial score (nSPS) is 12.4. The van der Waals surface area contributed by atoms with Crippen molar-refractivity contribution in [3.8, 4) is 17.2 Å². The van der Waals surface area contributed by atoms with Crippen LogP contribution in [0.1, 0.15) is 30.7 Å². The zero-order chi connectivity index (χ0) is 25.8. The molecule has 1 unspecified atom stereocenters. The molecule has 35 heavy (non-hydrogen) atoms. The lowest BCUT2D eigenvalue weighted by molar-refractivity contribution is -0.154. The molecule has 0 bridgehead atoms. The molecule has 0 saturated heterocycles. The zero-order valence-electron chi connectivity index (χ0n) is 19.7. The van der Waals surface area contributed by atoms with Gasteiger partial charge in [0.15, 0.2) is 6.10 Å². The number of alkyl halides is 3. The Morgan fingerprint density at radius 1 is 1.03 bits per heavy atom. The van der Waals surface area contributed by atoms with E-state index < -0.39 is 35.2 Å². The standard InChI is InChI=1S/C25H25F3O7/c1-5-31-8-9-32-24(30)16(4)33-17-6-7-19-20(13-17)35-23(25(26,27)28)22(21(19)29)34-18-11-14(2)10-15(3)12-18/h6-7,10-13,16H,5,8-9H2,1-4H3. The number of fused-ring (bicyclic) bond motifs is 1. The summed E-state index contributed by atoms with van der Waals surface area (Å²) in [6.45, 7) is 7.46. The van der Waals surface area contributed by atoms with Gasteiger partial charge in [-0.25, -0.2) is 4.79 Å². The Hall–Kier alpha value is -3.53. The van der Waals surface area contributed by atoms with Crippen LogP contribution in [0.3, 0.4) is 0 Å². The minimum atomic E-state index is -5.00. The van der Waals surface area contributed by atoms with Gasteiger partial charge in [-0.05, 0) is 63.1 Å².